The number of carbonyl (C=O) groups is 1. The Morgan fingerprint density at radius 2 is 1.93 bits per heavy atom. The smallest absolute Gasteiger partial charge is 0.273 e. The topological polar surface area (TPSA) is 90.1 Å². The average Bonchev–Trinajstić information content (AvgIpc) is 3.25. The summed E-state index contributed by atoms with van der Waals surface area (Å²) in [5.74, 6) is 1.80. The second-order valence-electron chi connectivity index (χ2n) is 6.73. The number of nitrogens with zero attached hydrogens (tertiary/aromatic N) is 3. The number of aromatic nitrogens is 2. The Morgan fingerprint density at radius 3 is 2.64 bits per heavy atom. The van der Waals surface area contributed by atoms with Gasteiger partial charge >= 0.3 is 0 Å². The van der Waals surface area contributed by atoms with E-state index in [0.29, 0.717) is 11.4 Å². The molecule has 0 spiro atoms. The zero-order valence-corrected chi connectivity index (χ0v) is 16.2. The Balaban J connectivity index is 1.72. The van der Waals surface area contributed by atoms with E-state index >= 15 is 0 Å². The molecule has 1 aliphatic heterocycles. The van der Waals surface area contributed by atoms with Crippen molar-refractivity contribution in [2.45, 2.75) is 25.4 Å². The van der Waals surface area contributed by atoms with Crippen molar-refractivity contribution in [2.75, 3.05) is 5.32 Å². The third kappa shape index (κ3) is 3.27. The van der Waals surface area contributed by atoms with Gasteiger partial charge in [-0.1, -0.05) is 23.8 Å². The predicted octanol–water partition coefficient (Wildman–Crippen LogP) is 4.40. The van der Waals surface area contributed by atoms with Gasteiger partial charge in [-0.2, -0.15) is 16.9 Å². The molecule has 7 nitrogen and oxygen atoms in total. The summed E-state index contributed by atoms with van der Waals surface area (Å²) in [6.07, 6.45) is 0. The number of rotatable bonds is 4. The van der Waals surface area contributed by atoms with E-state index in [1.54, 1.807) is 35.5 Å². The maximum absolute atomic E-state index is 12.9. The minimum atomic E-state index is -0.475. The third-order valence-corrected chi connectivity index (χ3v) is 5.70. The van der Waals surface area contributed by atoms with Gasteiger partial charge in [0.15, 0.2) is 0 Å². The number of benzene rings is 2. The van der Waals surface area contributed by atoms with Crippen LogP contribution in [0.25, 0.3) is 5.69 Å². The SMILES string of the molecule is Cc1ccc(-n2nc3c(c2NC(=O)c2ccc(C)c([N+](=O)[O-])c2)CSC3)cc1. The number of thioether (sulfide) groups is 1. The lowest BCUT2D eigenvalue weighted by molar-refractivity contribution is -0.385. The highest BCUT2D eigenvalue weighted by molar-refractivity contribution is 7.98. The molecular weight excluding hydrogens is 376 g/mol. The van der Waals surface area contributed by atoms with Crippen molar-refractivity contribution in [1.29, 1.82) is 0 Å². The van der Waals surface area contributed by atoms with Crippen LogP contribution < -0.4 is 5.32 Å². The molecule has 1 N–H and O–H groups in total. The number of aryl methyl sites for hydroxylation is 2. The summed E-state index contributed by atoms with van der Waals surface area (Å²) in [7, 11) is 0. The fourth-order valence-electron chi connectivity index (χ4n) is 3.14. The monoisotopic (exact) mass is 394 g/mol. The molecule has 142 valence electrons. The average molecular weight is 394 g/mol. The van der Waals surface area contributed by atoms with Crippen molar-refractivity contribution in [3.05, 3.63) is 80.5 Å². The Kier molecular flexibility index (Phi) is 4.64. The summed E-state index contributed by atoms with van der Waals surface area (Å²) in [5, 5.41) is 18.8. The van der Waals surface area contributed by atoms with Gasteiger partial charge < -0.3 is 5.32 Å². The van der Waals surface area contributed by atoms with Gasteiger partial charge in [0.2, 0.25) is 0 Å². The summed E-state index contributed by atoms with van der Waals surface area (Å²) >= 11 is 1.74. The minimum absolute atomic E-state index is 0.0690. The van der Waals surface area contributed by atoms with Crippen molar-refractivity contribution in [2.24, 2.45) is 0 Å². The molecule has 0 aliphatic carbocycles. The Hall–Kier alpha value is -3.13. The summed E-state index contributed by atoms with van der Waals surface area (Å²) in [4.78, 5) is 23.6. The first-order valence-corrected chi connectivity index (χ1v) is 9.91. The first-order valence-electron chi connectivity index (χ1n) is 8.76. The molecule has 0 saturated heterocycles. The van der Waals surface area contributed by atoms with E-state index in [0.717, 1.165) is 34.0 Å². The van der Waals surface area contributed by atoms with Gasteiger partial charge in [-0.25, -0.2) is 4.68 Å². The number of nitrogens with one attached hydrogen (secondary N) is 1. The fraction of sp³-hybridized carbons (Fsp3) is 0.200. The lowest BCUT2D eigenvalue weighted by atomic mass is 10.1. The van der Waals surface area contributed by atoms with E-state index < -0.39 is 10.8 Å². The normalized spacial score (nSPS) is 12.6. The minimum Gasteiger partial charge on any atom is -0.306 e. The molecular formula is C20H18N4O3S. The lowest BCUT2D eigenvalue weighted by Crippen LogP contribution is -2.16. The number of nitro benzene ring substituents is 1. The summed E-state index contributed by atoms with van der Waals surface area (Å²) in [6, 6.07) is 12.4. The molecule has 1 aliphatic rings. The molecule has 4 rings (SSSR count). The molecule has 0 saturated carbocycles. The standard InChI is InChI=1S/C20H18N4O3S/c1-12-3-7-15(8-4-12)23-19(16-10-28-11-17(16)22-23)21-20(25)14-6-5-13(2)18(9-14)24(26)27/h3-9H,10-11H2,1-2H3,(H,21,25). The largest absolute Gasteiger partial charge is 0.306 e. The van der Waals surface area contributed by atoms with E-state index in [1.165, 1.54) is 6.07 Å². The summed E-state index contributed by atoms with van der Waals surface area (Å²) in [5.41, 5.74) is 4.64. The number of hydrogen-bond acceptors (Lipinski definition) is 5. The highest BCUT2D eigenvalue weighted by atomic mass is 32.2. The van der Waals surface area contributed by atoms with Gasteiger partial charge in [-0.15, -0.1) is 0 Å². The van der Waals surface area contributed by atoms with Crippen molar-refractivity contribution in [1.82, 2.24) is 9.78 Å². The maximum atomic E-state index is 12.9. The second-order valence-corrected chi connectivity index (χ2v) is 7.71. The number of carbonyl (C=O) groups excluding carboxylic acids is 1. The zero-order chi connectivity index (χ0) is 19.8. The van der Waals surface area contributed by atoms with Gasteiger partial charge in [0.1, 0.15) is 5.82 Å². The van der Waals surface area contributed by atoms with Gasteiger partial charge in [0, 0.05) is 34.3 Å². The quantitative estimate of drug-likeness (QED) is 0.523. The highest BCUT2D eigenvalue weighted by Gasteiger charge is 2.25. The molecule has 3 aromatic rings. The van der Waals surface area contributed by atoms with Gasteiger partial charge in [0.25, 0.3) is 11.6 Å². The van der Waals surface area contributed by atoms with Crippen molar-refractivity contribution < 1.29 is 9.72 Å². The van der Waals surface area contributed by atoms with Crippen LogP contribution in [-0.2, 0) is 11.5 Å². The molecule has 0 atom stereocenters. The molecule has 2 aromatic carbocycles. The Bertz CT molecular complexity index is 1090. The highest BCUT2D eigenvalue weighted by Crippen LogP contribution is 2.36. The number of anilines is 1. The number of amides is 1. The van der Waals surface area contributed by atoms with E-state index in [4.69, 9.17) is 0 Å². The summed E-state index contributed by atoms with van der Waals surface area (Å²) in [6.45, 7) is 3.66. The molecule has 0 fully saturated rings. The van der Waals surface area contributed by atoms with Crippen LogP contribution in [0.4, 0.5) is 11.5 Å². The molecule has 1 amide bonds. The van der Waals surface area contributed by atoms with Gasteiger partial charge in [-0.3, -0.25) is 14.9 Å². The molecule has 1 aromatic heterocycles. The fourth-order valence-corrected chi connectivity index (χ4v) is 4.18. The third-order valence-electron chi connectivity index (χ3n) is 4.73. The predicted molar refractivity (Wildman–Crippen MR) is 109 cm³/mol. The molecule has 28 heavy (non-hydrogen) atoms. The molecule has 2 heterocycles. The molecule has 0 radical (unpaired) electrons. The number of nitro groups is 1. The van der Waals surface area contributed by atoms with E-state index in [1.807, 2.05) is 31.2 Å². The zero-order valence-electron chi connectivity index (χ0n) is 15.4. The van der Waals surface area contributed by atoms with Crippen LogP contribution >= 0.6 is 11.8 Å². The second kappa shape index (κ2) is 7.12. The van der Waals surface area contributed by atoms with Crippen LogP contribution in [0.5, 0.6) is 0 Å². The first kappa shape index (κ1) is 18.2. The summed E-state index contributed by atoms with van der Waals surface area (Å²) < 4.78 is 1.74. The molecule has 0 unspecified atom stereocenters. The number of hydrogen-bond donors (Lipinski definition) is 1. The van der Waals surface area contributed by atoms with Crippen LogP contribution in [0.15, 0.2) is 42.5 Å². The van der Waals surface area contributed by atoms with Crippen LogP contribution in [-0.4, -0.2) is 20.6 Å². The van der Waals surface area contributed by atoms with Crippen LogP contribution in [0.3, 0.4) is 0 Å². The van der Waals surface area contributed by atoms with E-state index in [9.17, 15) is 14.9 Å². The number of fused-ring (bicyclic) bond motifs is 1. The van der Waals surface area contributed by atoms with Crippen LogP contribution in [0.1, 0.15) is 32.7 Å². The van der Waals surface area contributed by atoms with Crippen molar-refractivity contribution >= 4 is 29.2 Å². The van der Waals surface area contributed by atoms with Crippen LogP contribution in [0.2, 0.25) is 0 Å². The maximum Gasteiger partial charge on any atom is 0.273 e. The molecule has 0 bridgehead atoms. The van der Waals surface area contributed by atoms with E-state index in [2.05, 4.69) is 10.4 Å². The van der Waals surface area contributed by atoms with Crippen LogP contribution in [0, 0.1) is 24.0 Å². The van der Waals surface area contributed by atoms with Crippen molar-refractivity contribution in [3.8, 4) is 5.69 Å². The Morgan fingerprint density at radius 1 is 1.18 bits per heavy atom. The van der Waals surface area contributed by atoms with E-state index in [-0.39, 0.29) is 11.3 Å². The Labute approximate surface area is 165 Å². The van der Waals surface area contributed by atoms with Crippen molar-refractivity contribution in [3.63, 3.8) is 0 Å². The first-order chi connectivity index (χ1) is 13.4. The van der Waals surface area contributed by atoms with Gasteiger partial charge in [0.05, 0.1) is 16.3 Å². The molecule has 8 heteroatoms. The van der Waals surface area contributed by atoms with Gasteiger partial charge in [-0.05, 0) is 32.0 Å². The lowest BCUT2D eigenvalue weighted by Gasteiger charge is -2.11.